The third-order valence-corrected chi connectivity index (χ3v) is 2.30. The van der Waals surface area contributed by atoms with Crippen LogP contribution in [0, 0.1) is 0 Å². The maximum atomic E-state index is 11.0. The maximum absolute atomic E-state index is 11.0. The van der Waals surface area contributed by atoms with Gasteiger partial charge in [-0.3, -0.25) is 0 Å². The minimum atomic E-state index is -1.44. The Balaban J connectivity index is 3.30. The monoisotopic (exact) mass is 189 g/mol. The molecule has 0 aromatic rings. The number of hydrogen-bond acceptors (Lipinski definition) is 2. The first kappa shape index (κ1) is 11.8. The molecule has 0 bridgehead atoms. The summed E-state index contributed by atoms with van der Waals surface area (Å²) in [5.74, 6) is 0. The van der Waals surface area contributed by atoms with Gasteiger partial charge >= 0.3 is 8.03 Å². The van der Waals surface area contributed by atoms with Crippen LogP contribution < -0.4 is 0 Å². The van der Waals surface area contributed by atoms with E-state index in [1.165, 1.54) is 0 Å². The molecule has 0 N–H and O–H groups in total. The minimum Gasteiger partial charge on any atom is -0.146 e. The average Bonchev–Trinajstić information content (AvgIpc) is 2.09. The zero-order valence-corrected chi connectivity index (χ0v) is 8.85. The minimum absolute atomic E-state index is 0.565. The predicted octanol–water partition coefficient (Wildman–Crippen LogP) is 3.51. The van der Waals surface area contributed by atoms with E-state index in [4.69, 9.17) is 4.52 Å². The van der Waals surface area contributed by atoms with Crippen LogP contribution in [0.15, 0.2) is 12.2 Å². The van der Waals surface area contributed by atoms with Gasteiger partial charge in [-0.05, 0) is 23.5 Å². The van der Waals surface area contributed by atoms with Gasteiger partial charge < -0.3 is 0 Å². The van der Waals surface area contributed by atoms with E-state index in [1.54, 1.807) is 0 Å². The second-order valence-corrected chi connectivity index (χ2v) is 3.90. The van der Waals surface area contributed by atoms with E-state index in [-0.39, 0.29) is 0 Å². The molecule has 0 spiro atoms. The molecule has 0 amide bonds. The molecule has 3 heteroatoms. The van der Waals surface area contributed by atoms with E-state index in [2.05, 4.69) is 13.0 Å². The second kappa shape index (κ2) is 8.89. The summed E-state index contributed by atoms with van der Waals surface area (Å²) in [6.07, 6.45) is 7.70. The van der Waals surface area contributed by atoms with Gasteiger partial charge in [-0.25, -0.2) is 0 Å². The number of rotatable bonds is 7. The van der Waals surface area contributed by atoms with Crippen LogP contribution in [-0.4, -0.2) is 12.8 Å². The van der Waals surface area contributed by atoms with E-state index in [0.717, 1.165) is 19.3 Å². The molecule has 0 heterocycles. The van der Waals surface area contributed by atoms with Crippen LogP contribution in [0.25, 0.3) is 0 Å². The van der Waals surface area contributed by atoms with Gasteiger partial charge in [0.2, 0.25) is 0 Å². The first-order valence-electron chi connectivity index (χ1n) is 4.53. The highest BCUT2D eigenvalue weighted by Gasteiger charge is 2.12. The largest absolute Gasteiger partial charge is 0.512 e. The Bertz CT molecular complexity index is 143. The van der Waals surface area contributed by atoms with Gasteiger partial charge in [0.15, 0.2) is 6.16 Å². The molecule has 0 saturated heterocycles. The van der Waals surface area contributed by atoms with Crippen molar-refractivity contribution in [1.29, 1.82) is 0 Å². The van der Waals surface area contributed by atoms with Crippen LogP contribution >= 0.6 is 8.03 Å². The van der Waals surface area contributed by atoms with E-state index >= 15 is 0 Å². The molecule has 0 saturated carbocycles. The van der Waals surface area contributed by atoms with Gasteiger partial charge in [-0.15, -0.1) is 4.52 Å². The molecule has 1 atom stereocenters. The van der Waals surface area contributed by atoms with E-state index < -0.39 is 8.03 Å². The highest BCUT2D eigenvalue weighted by atomic mass is 31.1. The molecule has 0 radical (unpaired) electrons. The summed E-state index contributed by atoms with van der Waals surface area (Å²) in [6.45, 7) is 4.74. The number of allylic oxidation sites excluding steroid dienone is 2. The normalized spacial score (nSPS) is 12.3. The van der Waals surface area contributed by atoms with E-state index in [0.29, 0.717) is 12.8 Å². The lowest BCUT2D eigenvalue weighted by atomic mass is 10.3. The van der Waals surface area contributed by atoms with Crippen molar-refractivity contribution in [1.82, 2.24) is 0 Å². The summed E-state index contributed by atoms with van der Waals surface area (Å²) < 4.78 is 16.1. The Kier molecular flexibility index (Phi) is 8.74. The zero-order valence-electron chi connectivity index (χ0n) is 7.95. The third kappa shape index (κ3) is 7.90. The SMILES string of the molecule is CCCC=CC[P+](=O)OCCC. The first-order valence-corrected chi connectivity index (χ1v) is 5.90. The van der Waals surface area contributed by atoms with E-state index in [9.17, 15) is 4.57 Å². The van der Waals surface area contributed by atoms with Crippen LogP contribution in [0.2, 0.25) is 0 Å². The molecule has 0 aromatic heterocycles. The lowest BCUT2D eigenvalue weighted by Gasteiger charge is -1.84. The van der Waals surface area contributed by atoms with Gasteiger partial charge in [0.25, 0.3) is 0 Å². The maximum Gasteiger partial charge on any atom is 0.512 e. The molecule has 0 aliphatic carbocycles. The van der Waals surface area contributed by atoms with Crippen molar-refractivity contribution in [2.75, 3.05) is 12.8 Å². The fourth-order valence-corrected chi connectivity index (χ4v) is 1.50. The number of unbranched alkanes of at least 4 members (excludes halogenated alkanes) is 1. The second-order valence-electron chi connectivity index (χ2n) is 2.61. The molecule has 1 unspecified atom stereocenters. The molecule has 0 aromatic carbocycles. The van der Waals surface area contributed by atoms with Gasteiger partial charge in [-0.2, -0.15) is 0 Å². The van der Waals surface area contributed by atoms with Crippen molar-refractivity contribution in [3.05, 3.63) is 12.2 Å². The van der Waals surface area contributed by atoms with Crippen LogP contribution in [-0.2, 0) is 9.09 Å². The van der Waals surface area contributed by atoms with Crippen LogP contribution in [0.5, 0.6) is 0 Å². The summed E-state index contributed by atoms with van der Waals surface area (Å²) in [5.41, 5.74) is 0. The van der Waals surface area contributed by atoms with Gasteiger partial charge in [0.05, 0.1) is 0 Å². The van der Waals surface area contributed by atoms with Gasteiger partial charge in [0, 0.05) is 0 Å². The fourth-order valence-electron chi connectivity index (χ4n) is 0.691. The third-order valence-electron chi connectivity index (χ3n) is 1.32. The summed E-state index contributed by atoms with van der Waals surface area (Å²) in [5, 5.41) is 0. The Labute approximate surface area is 75.9 Å². The lowest BCUT2D eigenvalue weighted by molar-refractivity contribution is 0.330. The molecule has 12 heavy (non-hydrogen) atoms. The van der Waals surface area contributed by atoms with Gasteiger partial charge in [0.1, 0.15) is 6.61 Å². The van der Waals surface area contributed by atoms with Crippen molar-refractivity contribution in [3.8, 4) is 0 Å². The molecule has 2 nitrogen and oxygen atoms in total. The van der Waals surface area contributed by atoms with Crippen molar-refractivity contribution < 1.29 is 9.09 Å². The van der Waals surface area contributed by atoms with Crippen LogP contribution in [0.3, 0.4) is 0 Å². The standard InChI is InChI=1S/C9H18O2P/c1-3-5-6-7-9-12(10)11-8-4-2/h6-7H,3-5,8-9H2,1-2H3/q+1. The van der Waals surface area contributed by atoms with Gasteiger partial charge in [-0.1, -0.05) is 26.3 Å². The molecular weight excluding hydrogens is 171 g/mol. The molecule has 70 valence electrons. The predicted molar refractivity (Wildman–Crippen MR) is 52.8 cm³/mol. The summed E-state index contributed by atoms with van der Waals surface area (Å²) in [7, 11) is -1.44. The van der Waals surface area contributed by atoms with Crippen LogP contribution in [0.4, 0.5) is 0 Å². The quantitative estimate of drug-likeness (QED) is 0.452. The molecule has 0 rings (SSSR count). The summed E-state index contributed by atoms with van der Waals surface area (Å²) in [4.78, 5) is 0. The highest BCUT2D eigenvalue weighted by molar-refractivity contribution is 7.39. The lowest BCUT2D eigenvalue weighted by Crippen LogP contribution is -1.83. The Hall–Kier alpha value is -0.200. The van der Waals surface area contributed by atoms with Crippen molar-refractivity contribution in [2.45, 2.75) is 33.1 Å². The van der Waals surface area contributed by atoms with Crippen molar-refractivity contribution in [3.63, 3.8) is 0 Å². The topological polar surface area (TPSA) is 26.3 Å². The average molecular weight is 189 g/mol. The molecular formula is C9H18O2P+. The molecule has 0 aliphatic rings. The highest BCUT2D eigenvalue weighted by Crippen LogP contribution is 2.21. The van der Waals surface area contributed by atoms with Crippen molar-refractivity contribution >= 4 is 8.03 Å². The first-order chi connectivity index (χ1) is 5.81. The van der Waals surface area contributed by atoms with E-state index in [1.807, 2.05) is 13.0 Å². The number of hydrogen-bond donors (Lipinski definition) is 0. The summed E-state index contributed by atoms with van der Waals surface area (Å²) in [6, 6.07) is 0. The van der Waals surface area contributed by atoms with Crippen LogP contribution in [0.1, 0.15) is 33.1 Å². The Morgan fingerprint density at radius 1 is 1.25 bits per heavy atom. The Morgan fingerprint density at radius 2 is 2.00 bits per heavy atom. The Morgan fingerprint density at radius 3 is 2.58 bits per heavy atom. The summed E-state index contributed by atoms with van der Waals surface area (Å²) >= 11 is 0. The smallest absolute Gasteiger partial charge is 0.146 e. The molecule has 0 aliphatic heterocycles. The zero-order chi connectivity index (χ0) is 9.23. The fraction of sp³-hybridized carbons (Fsp3) is 0.778. The van der Waals surface area contributed by atoms with Crippen molar-refractivity contribution in [2.24, 2.45) is 0 Å². The molecule has 0 fully saturated rings.